The third-order valence-corrected chi connectivity index (χ3v) is 3.88. The number of nitrogens with zero attached hydrogens (tertiary/aromatic N) is 2. The van der Waals surface area contributed by atoms with Gasteiger partial charge in [0, 0.05) is 0 Å². The molecule has 0 heterocycles. The quantitative estimate of drug-likeness (QED) is 0.827. The molecule has 0 fully saturated rings. The van der Waals surface area contributed by atoms with E-state index in [-0.39, 0.29) is 12.0 Å². The van der Waals surface area contributed by atoms with Crippen molar-refractivity contribution in [1.29, 1.82) is 5.26 Å². The van der Waals surface area contributed by atoms with E-state index < -0.39 is 0 Å². The highest BCUT2D eigenvalue weighted by Gasteiger charge is 2.27. The Morgan fingerprint density at radius 1 is 1.00 bits per heavy atom. The zero-order chi connectivity index (χ0) is 14.7. The zero-order valence-corrected chi connectivity index (χ0v) is 12.7. The summed E-state index contributed by atoms with van der Waals surface area (Å²) < 4.78 is 0. The summed E-state index contributed by atoms with van der Waals surface area (Å²) in [5, 5.41) is 12.0. The summed E-state index contributed by atoms with van der Waals surface area (Å²) >= 11 is 0. The molecule has 2 atom stereocenters. The molecule has 0 radical (unpaired) electrons. The molecule has 0 N–H and O–H groups in total. The number of benzene rings is 2. The fourth-order valence-corrected chi connectivity index (χ4v) is 2.80. The largest absolute Gasteiger partial charge is 0.301 e. The minimum atomic E-state index is -0.00818. The lowest BCUT2D eigenvalue weighted by Gasteiger charge is -2.31. The molecule has 0 amide bonds. The van der Waals surface area contributed by atoms with Crippen molar-refractivity contribution in [2.45, 2.75) is 19.9 Å². The van der Waals surface area contributed by atoms with Gasteiger partial charge in [-0.05, 0) is 42.4 Å². The lowest BCUT2D eigenvalue weighted by molar-refractivity contribution is 0.210. The lowest BCUT2D eigenvalue weighted by atomic mass is 9.84. The zero-order valence-electron chi connectivity index (χ0n) is 12.7. The van der Waals surface area contributed by atoms with Gasteiger partial charge in [-0.1, -0.05) is 50.2 Å². The Labute approximate surface area is 121 Å². The average molecular weight is 266 g/mol. The van der Waals surface area contributed by atoms with E-state index in [2.05, 4.69) is 67.3 Å². The Hall–Kier alpha value is -1.85. The molecule has 0 bridgehead atoms. The Kier molecular flexibility index (Phi) is 4.42. The van der Waals surface area contributed by atoms with Gasteiger partial charge in [0.2, 0.25) is 0 Å². The van der Waals surface area contributed by atoms with Gasteiger partial charge >= 0.3 is 0 Å². The van der Waals surface area contributed by atoms with Gasteiger partial charge in [0.1, 0.15) is 0 Å². The molecule has 2 aromatic rings. The summed E-state index contributed by atoms with van der Waals surface area (Å²) in [6.45, 7) is 4.23. The van der Waals surface area contributed by atoms with Crippen LogP contribution < -0.4 is 0 Å². The van der Waals surface area contributed by atoms with Gasteiger partial charge in [-0.3, -0.25) is 0 Å². The van der Waals surface area contributed by atoms with Gasteiger partial charge in [0.15, 0.2) is 0 Å². The van der Waals surface area contributed by atoms with E-state index in [0.717, 1.165) is 0 Å². The molecule has 0 aliphatic rings. The first-order valence-corrected chi connectivity index (χ1v) is 7.09. The Balaban J connectivity index is 2.49. The standard InChI is InChI=1S/C18H22N2/c1-13(2)17(12-19)18(20(3)4)16-10-9-14-7-5-6-8-15(14)11-16/h5-11,13,17-18H,1-4H3. The van der Waals surface area contributed by atoms with Crippen LogP contribution in [0.3, 0.4) is 0 Å². The van der Waals surface area contributed by atoms with Crippen LogP contribution in [0.2, 0.25) is 0 Å². The van der Waals surface area contributed by atoms with Gasteiger partial charge in [-0.2, -0.15) is 5.26 Å². The van der Waals surface area contributed by atoms with Crippen LogP contribution in [-0.4, -0.2) is 19.0 Å². The monoisotopic (exact) mass is 266 g/mol. The molecule has 2 nitrogen and oxygen atoms in total. The molecule has 2 heteroatoms. The molecule has 0 saturated heterocycles. The molecule has 0 spiro atoms. The highest BCUT2D eigenvalue weighted by atomic mass is 15.1. The van der Waals surface area contributed by atoms with E-state index in [1.54, 1.807) is 0 Å². The molecule has 0 aliphatic heterocycles. The molecule has 0 aromatic heterocycles. The fraction of sp³-hybridized carbons (Fsp3) is 0.389. The van der Waals surface area contributed by atoms with Crippen LogP contribution >= 0.6 is 0 Å². The summed E-state index contributed by atoms with van der Waals surface area (Å²) in [6, 6.07) is 17.5. The fourth-order valence-electron chi connectivity index (χ4n) is 2.80. The van der Waals surface area contributed by atoms with Crippen molar-refractivity contribution in [3.05, 3.63) is 48.0 Å². The Morgan fingerprint density at radius 2 is 1.65 bits per heavy atom. The minimum absolute atomic E-state index is 0.00818. The molecule has 0 aliphatic carbocycles. The van der Waals surface area contributed by atoms with Crippen molar-refractivity contribution in [2.24, 2.45) is 11.8 Å². The van der Waals surface area contributed by atoms with Crippen LogP contribution in [0, 0.1) is 23.2 Å². The second kappa shape index (κ2) is 6.07. The number of fused-ring (bicyclic) bond motifs is 1. The van der Waals surface area contributed by atoms with E-state index in [4.69, 9.17) is 0 Å². The van der Waals surface area contributed by atoms with E-state index >= 15 is 0 Å². The first-order chi connectivity index (χ1) is 9.54. The Bertz CT molecular complexity index is 623. The average Bonchev–Trinajstić information content (AvgIpc) is 2.43. The maximum absolute atomic E-state index is 9.51. The topological polar surface area (TPSA) is 27.0 Å². The van der Waals surface area contributed by atoms with Crippen LogP contribution in [0.5, 0.6) is 0 Å². The van der Waals surface area contributed by atoms with Crippen LogP contribution in [0.4, 0.5) is 0 Å². The van der Waals surface area contributed by atoms with Crippen molar-refractivity contribution in [1.82, 2.24) is 4.90 Å². The molecule has 20 heavy (non-hydrogen) atoms. The summed E-state index contributed by atoms with van der Waals surface area (Å²) in [6.07, 6.45) is 0. The lowest BCUT2D eigenvalue weighted by Crippen LogP contribution is -2.29. The third kappa shape index (κ3) is 2.84. The van der Waals surface area contributed by atoms with Crippen molar-refractivity contribution in [3.63, 3.8) is 0 Å². The summed E-state index contributed by atoms with van der Waals surface area (Å²) in [4.78, 5) is 2.15. The number of nitriles is 1. The molecular formula is C18H22N2. The van der Waals surface area contributed by atoms with Crippen LogP contribution in [0.25, 0.3) is 10.8 Å². The summed E-state index contributed by atoms with van der Waals surface area (Å²) in [7, 11) is 4.10. The first-order valence-electron chi connectivity index (χ1n) is 7.09. The maximum atomic E-state index is 9.51. The first kappa shape index (κ1) is 14.6. The van der Waals surface area contributed by atoms with E-state index in [1.165, 1.54) is 16.3 Å². The molecular weight excluding hydrogens is 244 g/mol. The second-order valence-corrected chi connectivity index (χ2v) is 5.91. The van der Waals surface area contributed by atoms with Crippen molar-refractivity contribution >= 4 is 10.8 Å². The van der Waals surface area contributed by atoms with Gasteiger partial charge in [-0.25, -0.2) is 0 Å². The molecule has 104 valence electrons. The van der Waals surface area contributed by atoms with Gasteiger partial charge in [0.05, 0.1) is 18.0 Å². The van der Waals surface area contributed by atoms with Gasteiger partial charge in [0.25, 0.3) is 0 Å². The van der Waals surface area contributed by atoms with Crippen molar-refractivity contribution < 1.29 is 0 Å². The molecule has 2 aromatic carbocycles. The van der Waals surface area contributed by atoms with E-state index in [0.29, 0.717) is 5.92 Å². The summed E-state index contributed by atoms with van der Waals surface area (Å²) in [5.41, 5.74) is 1.22. The van der Waals surface area contributed by atoms with Gasteiger partial charge < -0.3 is 4.90 Å². The predicted octanol–water partition coefficient (Wildman–Crippen LogP) is 4.24. The van der Waals surface area contributed by atoms with Crippen LogP contribution in [0.1, 0.15) is 25.5 Å². The normalized spacial score (nSPS) is 14.4. The molecule has 2 rings (SSSR count). The number of hydrogen-bond donors (Lipinski definition) is 0. The maximum Gasteiger partial charge on any atom is 0.0683 e. The van der Waals surface area contributed by atoms with Crippen LogP contribution in [0.15, 0.2) is 42.5 Å². The van der Waals surface area contributed by atoms with Crippen molar-refractivity contribution in [3.8, 4) is 6.07 Å². The molecule has 2 unspecified atom stereocenters. The smallest absolute Gasteiger partial charge is 0.0683 e. The van der Waals surface area contributed by atoms with Gasteiger partial charge in [-0.15, -0.1) is 0 Å². The SMILES string of the molecule is CC(C)C(C#N)C(c1ccc2ccccc2c1)N(C)C. The minimum Gasteiger partial charge on any atom is -0.301 e. The third-order valence-electron chi connectivity index (χ3n) is 3.88. The second-order valence-electron chi connectivity index (χ2n) is 5.91. The molecule has 0 saturated carbocycles. The van der Waals surface area contributed by atoms with E-state index in [9.17, 15) is 5.26 Å². The number of rotatable bonds is 4. The highest BCUT2D eigenvalue weighted by Crippen LogP contribution is 2.33. The number of hydrogen-bond acceptors (Lipinski definition) is 2. The summed E-state index contributed by atoms with van der Waals surface area (Å²) in [5.74, 6) is 0.324. The van der Waals surface area contributed by atoms with Crippen molar-refractivity contribution in [2.75, 3.05) is 14.1 Å². The predicted molar refractivity (Wildman–Crippen MR) is 84.3 cm³/mol. The Morgan fingerprint density at radius 3 is 2.20 bits per heavy atom. The van der Waals surface area contributed by atoms with Crippen LogP contribution in [-0.2, 0) is 0 Å². The van der Waals surface area contributed by atoms with E-state index in [1.807, 2.05) is 14.1 Å². The highest BCUT2D eigenvalue weighted by molar-refractivity contribution is 5.83.